The minimum atomic E-state index is -1.27. The molecular weight excluding hydrogens is 387 g/mol. The Morgan fingerprint density at radius 3 is 2.38 bits per heavy atom. The van der Waals surface area contributed by atoms with E-state index in [1.165, 1.54) is 0 Å². The molecule has 0 aromatic heterocycles. The van der Waals surface area contributed by atoms with Crippen molar-refractivity contribution < 1.29 is 32.6 Å². The lowest BCUT2D eigenvalue weighted by molar-refractivity contribution is -0.184. The minimum Gasteiger partial charge on any atom is -0.480 e. The summed E-state index contributed by atoms with van der Waals surface area (Å²) < 4.78 is 46.3. The Morgan fingerprint density at radius 2 is 1.76 bits per heavy atom. The molecule has 0 saturated heterocycles. The van der Waals surface area contributed by atoms with E-state index in [9.17, 15) is 27.9 Å². The summed E-state index contributed by atoms with van der Waals surface area (Å²) in [6.07, 6.45) is -0.218. The van der Waals surface area contributed by atoms with Crippen LogP contribution in [-0.2, 0) is 21.6 Å². The van der Waals surface area contributed by atoms with Gasteiger partial charge in [0.2, 0.25) is 0 Å². The normalized spacial score (nSPS) is 25.3. The third kappa shape index (κ3) is 3.22. The number of hydrogen-bond acceptors (Lipinski definition) is 3. The number of ether oxygens (including phenoxy) is 1. The van der Waals surface area contributed by atoms with Crippen LogP contribution in [0, 0.1) is 22.9 Å². The van der Waals surface area contributed by atoms with Crippen LogP contribution in [0.5, 0.6) is 0 Å². The second kappa shape index (κ2) is 6.79. The van der Waals surface area contributed by atoms with Gasteiger partial charge in [-0.1, -0.05) is 30.3 Å². The van der Waals surface area contributed by atoms with E-state index in [1.807, 2.05) is 6.07 Å². The highest BCUT2D eigenvalue weighted by molar-refractivity contribution is 5.82. The van der Waals surface area contributed by atoms with Gasteiger partial charge in [0, 0.05) is 22.5 Å². The van der Waals surface area contributed by atoms with Crippen molar-refractivity contribution in [2.45, 2.75) is 37.3 Å². The number of nitrogens with one attached hydrogen (secondary N) is 1. The molecule has 0 heterocycles. The molecule has 0 aliphatic heterocycles. The van der Waals surface area contributed by atoms with Crippen LogP contribution in [0.1, 0.15) is 30.4 Å². The van der Waals surface area contributed by atoms with E-state index in [1.54, 1.807) is 24.3 Å². The number of aliphatic carboxylic acids is 1. The summed E-state index contributed by atoms with van der Waals surface area (Å²) in [6.45, 7) is -0.0102. The summed E-state index contributed by atoms with van der Waals surface area (Å²) in [7, 11) is 0. The lowest BCUT2D eigenvalue weighted by Crippen LogP contribution is -2.73. The van der Waals surface area contributed by atoms with Crippen LogP contribution in [0.4, 0.5) is 18.0 Å². The highest BCUT2D eigenvalue weighted by Gasteiger charge is 2.73. The number of alkyl carbamates (subject to hydrolysis) is 1. The fraction of sp³-hybridized carbons (Fsp3) is 0.333. The van der Waals surface area contributed by atoms with Gasteiger partial charge in [0.15, 0.2) is 11.6 Å². The number of carbonyl (C=O) groups is 2. The Labute approximate surface area is 164 Å². The number of amides is 1. The van der Waals surface area contributed by atoms with E-state index in [-0.39, 0.29) is 31.4 Å². The third-order valence-corrected chi connectivity index (χ3v) is 5.97. The van der Waals surface area contributed by atoms with E-state index in [0.717, 1.165) is 11.6 Å². The molecule has 5 rings (SSSR count). The molecule has 8 heteroatoms. The maximum absolute atomic E-state index is 14.1. The average molecular weight is 405 g/mol. The van der Waals surface area contributed by atoms with Crippen LogP contribution in [0.3, 0.4) is 0 Å². The third-order valence-electron chi connectivity index (χ3n) is 5.97. The predicted molar refractivity (Wildman–Crippen MR) is 95.5 cm³/mol. The number of carboxylic acids is 1. The summed E-state index contributed by atoms with van der Waals surface area (Å²) in [6, 6.07) is 9.12. The first kappa shape index (κ1) is 19.3. The number of rotatable bonds is 6. The fourth-order valence-electron chi connectivity index (χ4n) is 4.76. The topological polar surface area (TPSA) is 75.6 Å². The molecule has 5 nitrogen and oxygen atoms in total. The SMILES string of the molecule is O=C(NC(C(=O)O)C12CC(c3cc(F)cc(F)c3F)(C1)C2)OCc1ccccc1. The number of carboxylic acid groups (broad SMARTS) is 1. The Hall–Kier alpha value is -3.03. The first-order valence-corrected chi connectivity index (χ1v) is 9.10. The lowest BCUT2D eigenvalue weighted by atomic mass is 9.31. The summed E-state index contributed by atoms with van der Waals surface area (Å²) >= 11 is 0. The maximum atomic E-state index is 14.1. The van der Waals surface area contributed by atoms with Gasteiger partial charge in [-0.3, -0.25) is 0 Å². The molecule has 1 atom stereocenters. The van der Waals surface area contributed by atoms with Gasteiger partial charge in [0.1, 0.15) is 18.5 Å². The summed E-state index contributed by atoms with van der Waals surface area (Å²) in [4.78, 5) is 23.8. The van der Waals surface area contributed by atoms with Crippen molar-refractivity contribution in [3.63, 3.8) is 0 Å². The molecule has 0 radical (unpaired) electrons. The number of carbonyl (C=O) groups excluding carboxylic acids is 1. The van der Waals surface area contributed by atoms with Gasteiger partial charge in [0.05, 0.1) is 0 Å². The van der Waals surface area contributed by atoms with E-state index in [0.29, 0.717) is 6.07 Å². The maximum Gasteiger partial charge on any atom is 0.408 e. The highest BCUT2D eigenvalue weighted by Crippen LogP contribution is 2.75. The molecule has 3 saturated carbocycles. The predicted octanol–water partition coefficient (Wildman–Crippen LogP) is 3.91. The first-order valence-electron chi connectivity index (χ1n) is 9.10. The molecular formula is C21H18F3NO4. The number of halogens is 3. The van der Waals surface area contributed by atoms with Crippen molar-refractivity contribution in [1.82, 2.24) is 5.32 Å². The molecule has 29 heavy (non-hydrogen) atoms. The van der Waals surface area contributed by atoms with Crippen LogP contribution in [-0.4, -0.2) is 23.2 Å². The van der Waals surface area contributed by atoms with Gasteiger partial charge in [-0.25, -0.2) is 22.8 Å². The summed E-state index contributed by atoms with van der Waals surface area (Å²) in [5.41, 5.74) is -0.904. The van der Waals surface area contributed by atoms with Crippen molar-refractivity contribution in [3.8, 4) is 0 Å². The van der Waals surface area contributed by atoms with Crippen molar-refractivity contribution >= 4 is 12.1 Å². The zero-order valence-corrected chi connectivity index (χ0v) is 15.3. The smallest absolute Gasteiger partial charge is 0.408 e. The highest BCUT2D eigenvalue weighted by atomic mass is 19.2. The van der Waals surface area contributed by atoms with Crippen LogP contribution in [0.2, 0.25) is 0 Å². The lowest BCUT2D eigenvalue weighted by Gasteiger charge is -2.72. The zero-order valence-electron chi connectivity index (χ0n) is 15.3. The first-order chi connectivity index (χ1) is 13.7. The molecule has 0 spiro atoms. The quantitative estimate of drug-likeness (QED) is 0.715. The van der Waals surface area contributed by atoms with Gasteiger partial charge in [-0.05, 0) is 30.9 Å². The van der Waals surface area contributed by atoms with E-state index >= 15 is 0 Å². The van der Waals surface area contributed by atoms with E-state index in [2.05, 4.69) is 5.32 Å². The molecule has 1 amide bonds. The average Bonchev–Trinajstić information content (AvgIpc) is 2.61. The van der Waals surface area contributed by atoms with Gasteiger partial charge in [-0.15, -0.1) is 0 Å². The Kier molecular flexibility index (Phi) is 4.52. The molecule has 3 fully saturated rings. The fourth-order valence-corrected chi connectivity index (χ4v) is 4.76. The zero-order chi connectivity index (χ0) is 20.8. The molecule has 3 aliphatic rings. The second-order valence-electron chi connectivity index (χ2n) is 7.90. The van der Waals surface area contributed by atoms with Crippen molar-refractivity contribution in [2.75, 3.05) is 0 Å². The van der Waals surface area contributed by atoms with Crippen molar-refractivity contribution in [3.05, 3.63) is 71.0 Å². The molecule has 2 aromatic rings. The molecule has 2 N–H and O–H groups in total. The summed E-state index contributed by atoms with van der Waals surface area (Å²) in [5.74, 6) is -4.49. The summed E-state index contributed by atoms with van der Waals surface area (Å²) in [5, 5.41) is 11.9. The number of benzene rings is 2. The second-order valence-corrected chi connectivity index (χ2v) is 7.90. The molecule has 2 bridgehead atoms. The van der Waals surface area contributed by atoms with Gasteiger partial charge < -0.3 is 15.2 Å². The Balaban J connectivity index is 1.42. The minimum absolute atomic E-state index is 0.0102. The van der Waals surface area contributed by atoms with Crippen LogP contribution in [0.25, 0.3) is 0 Å². The van der Waals surface area contributed by atoms with E-state index < -0.39 is 46.4 Å². The van der Waals surface area contributed by atoms with E-state index in [4.69, 9.17) is 4.74 Å². The molecule has 2 aromatic carbocycles. The van der Waals surface area contributed by atoms with Gasteiger partial charge in [-0.2, -0.15) is 0 Å². The Bertz CT molecular complexity index is 960. The largest absolute Gasteiger partial charge is 0.480 e. The monoisotopic (exact) mass is 405 g/mol. The van der Waals surface area contributed by atoms with Crippen LogP contribution >= 0.6 is 0 Å². The van der Waals surface area contributed by atoms with Crippen LogP contribution < -0.4 is 5.32 Å². The van der Waals surface area contributed by atoms with Crippen molar-refractivity contribution in [2.24, 2.45) is 5.41 Å². The Morgan fingerprint density at radius 1 is 1.10 bits per heavy atom. The standard InChI is InChI=1S/C21H18F3NO4/c22-13-6-14(16(24)15(23)7-13)20-9-21(10-20,11-20)17(18(26)27)25-19(28)29-8-12-4-2-1-3-5-12/h1-7,17H,8-11H2,(H,25,28)(H,26,27). The molecule has 3 aliphatic carbocycles. The van der Waals surface area contributed by atoms with Gasteiger partial charge in [0.25, 0.3) is 0 Å². The van der Waals surface area contributed by atoms with Crippen LogP contribution in [0.15, 0.2) is 42.5 Å². The molecule has 152 valence electrons. The number of hydrogen-bond donors (Lipinski definition) is 2. The molecule has 1 unspecified atom stereocenters. The van der Waals surface area contributed by atoms with Gasteiger partial charge >= 0.3 is 12.1 Å². The van der Waals surface area contributed by atoms with Crippen molar-refractivity contribution in [1.29, 1.82) is 0 Å².